The minimum Gasteiger partial charge on any atom is -0.384 e. The number of carbonyl (C=O) groups excluding carboxylic acids is 1. The van der Waals surface area contributed by atoms with Gasteiger partial charge >= 0.3 is 0 Å². The van der Waals surface area contributed by atoms with E-state index in [1.807, 2.05) is 6.92 Å². The van der Waals surface area contributed by atoms with E-state index >= 15 is 0 Å². The third-order valence-corrected chi connectivity index (χ3v) is 1.66. The molecule has 0 saturated heterocycles. The summed E-state index contributed by atoms with van der Waals surface area (Å²) in [5.74, 6) is -0.495. The SMILES string of the molecule is CCNc1cc(F)ccc1NC(C)=O. The van der Waals surface area contributed by atoms with Gasteiger partial charge < -0.3 is 10.6 Å². The summed E-state index contributed by atoms with van der Waals surface area (Å²) in [4.78, 5) is 10.8. The van der Waals surface area contributed by atoms with Crippen molar-refractivity contribution in [3.05, 3.63) is 24.0 Å². The number of amides is 1. The average Bonchev–Trinajstić information content (AvgIpc) is 2.09. The van der Waals surface area contributed by atoms with Crippen molar-refractivity contribution in [2.45, 2.75) is 13.8 Å². The molecule has 0 aliphatic rings. The molecule has 76 valence electrons. The van der Waals surface area contributed by atoms with Crippen LogP contribution in [0.2, 0.25) is 0 Å². The molecule has 0 radical (unpaired) electrons. The predicted molar refractivity (Wildman–Crippen MR) is 54.9 cm³/mol. The molecule has 4 heteroatoms. The van der Waals surface area contributed by atoms with Crippen molar-refractivity contribution in [2.24, 2.45) is 0 Å². The van der Waals surface area contributed by atoms with Gasteiger partial charge in [-0.3, -0.25) is 4.79 Å². The first kappa shape index (κ1) is 10.5. The Morgan fingerprint density at radius 3 is 2.71 bits per heavy atom. The Morgan fingerprint density at radius 1 is 1.43 bits per heavy atom. The molecule has 0 spiro atoms. The van der Waals surface area contributed by atoms with Crippen LogP contribution in [0, 0.1) is 5.82 Å². The minimum absolute atomic E-state index is 0.171. The Balaban J connectivity index is 2.95. The molecular formula is C10H13FN2O. The molecule has 1 aromatic carbocycles. The monoisotopic (exact) mass is 196 g/mol. The van der Waals surface area contributed by atoms with Crippen LogP contribution in [0.1, 0.15) is 13.8 Å². The Hall–Kier alpha value is -1.58. The normalized spacial score (nSPS) is 9.64. The van der Waals surface area contributed by atoms with Gasteiger partial charge in [0.1, 0.15) is 5.82 Å². The highest BCUT2D eigenvalue weighted by atomic mass is 19.1. The Labute approximate surface area is 82.3 Å². The second-order valence-corrected chi connectivity index (χ2v) is 2.90. The van der Waals surface area contributed by atoms with E-state index in [0.717, 1.165) is 0 Å². The maximum absolute atomic E-state index is 12.9. The minimum atomic E-state index is -0.324. The number of hydrogen-bond donors (Lipinski definition) is 2. The molecule has 0 unspecified atom stereocenters. The van der Waals surface area contributed by atoms with Crippen LogP contribution >= 0.6 is 0 Å². The highest BCUT2D eigenvalue weighted by Crippen LogP contribution is 2.22. The lowest BCUT2D eigenvalue weighted by atomic mass is 10.2. The molecule has 0 saturated carbocycles. The topological polar surface area (TPSA) is 41.1 Å². The van der Waals surface area contributed by atoms with Crippen LogP contribution in [0.5, 0.6) is 0 Å². The van der Waals surface area contributed by atoms with Gasteiger partial charge in [0.15, 0.2) is 0 Å². The van der Waals surface area contributed by atoms with Gasteiger partial charge in [0.05, 0.1) is 11.4 Å². The summed E-state index contributed by atoms with van der Waals surface area (Å²) >= 11 is 0. The quantitative estimate of drug-likeness (QED) is 0.778. The van der Waals surface area contributed by atoms with Crippen LogP contribution in [0.3, 0.4) is 0 Å². The third kappa shape index (κ3) is 2.73. The Kier molecular flexibility index (Phi) is 3.45. The summed E-state index contributed by atoms with van der Waals surface area (Å²) in [6, 6.07) is 4.20. The van der Waals surface area contributed by atoms with Gasteiger partial charge in [-0.05, 0) is 25.1 Å². The van der Waals surface area contributed by atoms with Crippen LogP contribution in [0.15, 0.2) is 18.2 Å². The first-order valence-corrected chi connectivity index (χ1v) is 4.44. The predicted octanol–water partition coefficient (Wildman–Crippen LogP) is 2.22. The molecular weight excluding hydrogens is 183 g/mol. The summed E-state index contributed by atoms with van der Waals surface area (Å²) in [5.41, 5.74) is 1.20. The van der Waals surface area contributed by atoms with Gasteiger partial charge in [0, 0.05) is 13.5 Å². The Morgan fingerprint density at radius 2 is 2.14 bits per heavy atom. The van der Waals surface area contributed by atoms with E-state index in [9.17, 15) is 9.18 Å². The van der Waals surface area contributed by atoms with Gasteiger partial charge in [-0.15, -0.1) is 0 Å². The molecule has 2 N–H and O–H groups in total. The lowest BCUT2D eigenvalue weighted by Crippen LogP contribution is -2.09. The van der Waals surface area contributed by atoms with Crippen molar-refractivity contribution in [3.8, 4) is 0 Å². The van der Waals surface area contributed by atoms with Gasteiger partial charge in [-0.25, -0.2) is 4.39 Å². The van der Waals surface area contributed by atoms with Crippen LogP contribution in [-0.4, -0.2) is 12.5 Å². The molecule has 0 aliphatic heterocycles. The number of carbonyl (C=O) groups is 1. The first-order valence-electron chi connectivity index (χ1n) is 4.44. The highest BCUT2D eigenvalue weighted by Gasteiger charge is 2.03. The zero-order chi connectivity index (χ0) is 10.6. The summed E-state index contributed by atoms with van der Waals surface area (Å²) in [6.07, 6.45) is 0. The van der Waals surface area contributed by atoms with Crippen molar-refractivity contribution in [2.75, 3.05) is 17.2 Å². The van der Waals surface area contributed by atoms with Gasteiger partial charge in [0.2, 0.25) is 5.91 Å². The van der Waals surface area contributed by atoms with Crippen LogP contribution in [0.4, 0.5) is 15.8 Å². The third-order valence-electron chi connectivity index (χ3n) is 1.66. The van der Waals surface area contributed by atoms with E-state index in [0.29, 0.717) is 17.9 Å². The van der Waals surface area contributed by atoms with Gasteiger partial charge in [-0.2, -0.15) is 0 Å². The fraction of sp³-hybridized carbons (Fsp3) is 0.300. The van der Waals surface area contributed by atoms with E-state index < -0.39 is 0 Å². The molecule has 1 amide bonds. The van der Waals surface area contributed by atoms with Crippen molar-refractivity contribution in [1.82, 2.24) is 0 Å². The zero-order valence-electron chi connectivity index (χ0n) is 8.23. The molecule has 1 rings (SSSR count). The van der Waals surface area contributed by atoms with Gasteiger partial charge in [0.25, 0.3) is 0 Å². The van der Waals surface area contributed by atoms with Crippen molar-refractivity contribution < 1.29 is 9.18 Å². The number of benzene rings is 1. The molecule has 14 heavy (non-hydrogen) atoms. The highest BCUT2D eigenvalue weighted by molar-refractivity contribution is 5.92. The van der Waals surface area contributed by atoms with E-state index in [4.69, 9.17) is 0 Å². The fourth-order valence-corrected chi connectivity index (χ4v) is 1.15. The lowest BCUT2D eigenvalue weighted by molar-refractivity contribution is -0.114. The van der Waals surface area contributed by atoms with Crippen LogP contribution in [-0.2, 0) is 4.79 Å². The number of halogens is 1. The summed E-state index contributed by atoms with van der Waals surface area (Å²) in [7, 11) is 0. The summed E-state index contributed by atoms with van der Waals surface area (Å²) in [6.45, 7) is 4.00. The lowest BCUT2D eigenvalue weighted by Gasteiger charge is -2.10. The molecule has 1 aromatic rings. The number of hydrogen-bond acceptors (Lipinski definition) is 2. The molecule has 0 fully saturated rings. The van der Waals surface area contributed by atoms with Crippen LogP contribution in [0.25, 0.3) is 0 Å². The van der Waals surface area contributed by atoms with Gasteiger partial charge in [-0.1, -0.05) is 0 Å². The standard InChI is InChI=1S/C10H13FN2O/c1-3-12-10-6-8(11)4-5-9(10)13-7(2)14/h4-6,12H,3H2,1-2H3,(H,13,14). The maximum atomic E-state index is 12.9. The Bertz CT molecular complexity index is 339. The average molecular weight is 196 g/mol. The van der Waals surface area contributed by atoms with Crippen molar-refractivity contribution >= 4 is 17.3 Å². The molecule has 0 bridgehead atoms. The summed E-state index contributed by atoms with van der Waals surface area (Å²) < 4.78 is 12.9. The molecule has 3 nitrogen and oxygen atoms in total. The second-order valence-electron chi connectivity index (χ2n) is 2.90. The summed E-state index contributed by atoms with van der Waals surface area (Å²) in [5, 5.41) is 5.58. The molecule has 0 atom stereocenters. The fourth-order valence-electron chi connectivity index (χ4n) is 1.15. The largest absolute Gasteiger partial charge is 0.384 e. The first-order chi connectivity index (χ1) is 6.63. The smallest absolute Gasteiger partial charge is 0.221 e. The number of anilines is 2. The molecule has 0 aliphatic carbocycles. The zero-order valence-corrected chi connectivity index (χ0v) is 8.23. The van der Waals surface area contributed by atoms with E-state index in [2.05, 4.69) is 10.6 Å². The van der Waals surface area contributed by atoms with Crippen molar-refractivity contribution in [3.63, 3.8) is 0 Å². The molecule has 0 heterocycles. The van der Waals surface area contributed by atoms with Crippen molar-refractivity contribution in [1.29, 1.82) is 0 Å². The van der Waals surface area contributed by atoms with E-state index in [1.54, 1.807) is 0 Å². The maximum Gasteiger partial charge on any atom is 0.221 e. The number of nitrogens with one attached hydrogen (secondary N) is 2. The number of rotatable bonds is 3. The molecule has 0 aromatic heterocycles. The van der Waals surface area contributed by atoms with E-state index in [1.165, 1.54) is 25.1 Å². The van der Waals surface area contributed by atoms with E-state index in [-0.39, 0.29) is 11.7 Å². The second kappa shape index (κ2) is 4.60. The van der Waals surface area contributed by atoms with Crippen LogP contribution < -0.4 is 10.6 Å².